The quantitative estimate of drug-likeness (QED) is 0.445. The van der Waals surface area contributed by atoms with Crippen LogP contribution in [0.5, 0.6) is 0 Å². The van der Waals surface area contributed by atoms with E-state index in [9.17, 15) is 29.1 Å². The molecule has 2 fully saturated rings. The van der Waals surface area contributed by atoms with E-state index in [0.717, 1.165) is 4.90 Å². The summed E-state index contributed by atoms with van der Waals surface area (Å²) < 4.78 is 19.4. The van der Waals surface area contributed by atoms with Gasteiger partial charge in [0.2, 0.25) is 0 Å². The number of hydrogen-bond acceptors (Lipinski definition) is 10. The van der Waals surface area contributed by atoms with Gasteiger partial charge in [-0.3, -0.25) is 14.6 Å². The van der Waals surface area contributed by atoms with Crippen LogP contribution in [0.2, 0.25) is 0 Å². The maximum atomic E-state index is 11.8. The number of Topliss-reactive ketones (excluding diaryl/α,β-unsaturated/α-hetero) is 1. The third-order valence-corrected chi connectivity index (χ3v) is 4.63. The Balaban J connectivity index is 0.000000340. The summed E-state index contributed by atoms with van der Waals surface area (Å²) in [5.41, 5.74) is -1.30. The monoisotopic (exact) mass is 488 g/mol. The van der Waals surface area contributed by atoms with E-state index < -0.39 is 53.5 Å². The van der Waals surface area contributed by atoms with Crippen LogP contribution in [0.1, 0.15) is 54.4 Å². The summed E-state index contributed by atoms with van der Waals surface area (Å²) in [6, 6.07) is -1.62. The Morgan fingerprint density at radius 1 is 0.824 bits per heavy atom. The molecule has 2 rings (SSSR count). The first-order valence-corrected chi connectivity index (χ1v) is 10.8. The van der Waals surface area contributed by atoms with Crippen molar-refractivity contribution in [3.63, 3.8) is 0 Å². The Kier molecular flexibility index (Phi) is 9.85. The zero-order valence-electron chi connectivity index (χ0n) is 21.1. The van der Waals surface area contributed by atoms with Gasteiger partial charge < -0.3 is 24.1 Å². The van der Waals surface area contributed by atoms with Crippen LogP contribution in [-0.2, 0) is 33.3 Å². The molecule has 1 N–H and O–H groups in total. The number of aliphatic hydroxyl groups is 1. The maximum absolute atomic E-state index is 11.8. The standard InChI is InChI=1S/C11H19NO5.C11H17NO5/c2*1-11(2,3)17-10(15)12-6-7(13)5-8(12)9(14)16-4/h7-8,13H,5-6H2,1-4H3;8H,5-6H2,1-4H3/t7-,8+;8-/m10/s1. The van der Waals surface area contributed by atoms with Crippen LogP contribution in [0, 0.1) is 0 Å². The van der Waals surface area contributed by atoms with Crippen molar-refractivity contribution in [1.82, 2.24) is 9.80 Å². The van der Waals surface area contributed by atoms with E-state index in [1.165, 1.54) is 19.1 Å². The number of esters is 2. The molecule has 0 unspecified atom stereocenters. The highest BCUT2D eigenvalue weighted by atomic mass is 16.6. The summed E-state index contributed by atoms with van der Waals surface area (Å²) in [5, 5.41) is 9.50. The number of β-amino-alcohol motifs (C(OH)–C–C–N with tert-alkyl or cyclic N) is 1. The highest BCUT2D eigenvalue weighted by Crippen LogP contribution is 2.22. The van der Waals surface area contributed by atoms with Crippen LogP contribution in [-0.4, -0.2) is 102 Å². The van der Waals surface area contributed by atoms with E-state index in [-0.39, 0.29) is 31.7 Å². The number of rotatable bonds is 2. The summed E-state index contributed by atoms with van der Waals surface area (Å²) in [4.78, 5) is 60.1. The van der Waals surface area contributed by atoms with Crippen molar-refractivity contribution in [2.75, 3.05) is 27.3 Å². The lowest BCUT2D eigenvalue weighted by molar-refractivity contribution is -0.146. The van der Waals surface area contributed by atoms with E-state index in [1.54, 1.807) is 41.5 Å². The van der Waals surface area contributed by atoms with Crippen molar-refractivity contribution in [1.29, 1.82) is 0 Å². The van der Waals surface area contributed by atoms with Crippen LogP contribution in [0.4, 0.5) is 9.59 Å². The van der Waals surface area contributed by atoms with E-state index in [4.69, 9.17) is 9.47 Å². The molecule has 0 spiro atoms. The second-order valence-electron chi connectivity index (χ2n) is 9.95. The average Bonchev–Trinajstić information content (AvgIpc) is 3.27. The van der Waals surface area contributed by atoms with Crippen molar-refractivity contribution in [3.8, 4) is 0 Å². The SMILES string of the molecule is COC(=O)[C@@H]1CC(=O)CN1C(=O)OC(C)(C)C.COC(=O)[C@@H]1C[C@@H](O)CN1C(=O)OC(C)(C)C. The smallest absolute Gasteiger partial charge is 0.411 e. The van der Waals surface area contributed by atoms with Gasteiger partial charge in [0.25, 0.3) is 0 Å². The third-order valence-electron chi connectivity index (χ3n) is 4.63. The molecule has 2 amide bonds. The Bertz CT molecular complexity index is 784. The Hall–Kier alpha value is -2.89. The lowest BCUT2D eigenvalue weighted by atomic mass is 10.2. The van der Waals surface area contributed by atoms with Crippen molar-refractivity contribution < 1.29 is 48.0 Å². The molecular weight excluding hydrogens is 452 g/mol. The summed E-state index contributed by atoms with van der Waals surface area (Å²) in [6.07, 6.45) is -1.81. The molecule has 0 radical (unpaired) electrons. The number of aliphatic hydroxyl groups excluding tert-OH is 1. The average molecular weight is 489 g/mol. The zero-order chi connectivity index (χ0) is 26.4. The van der Waals surface area contributed by atoms with Crippen molar-refractivity contribution in [2.45, 2.75) is 83.8 Å². The molecule has 2 aliphatic heterocycles. The van der Waals surface area contributed by atoms with Crippen LogP contribution in [0.25, 0.3) is 0 Å². The number of likely N-dealkylation sites (tertiary alicyclic amines) is 2. The first-order chi connectivity index (χ1) is 15.5. The minimum atomic E-state index is -0.859. The molecule has 0 aromatic rings. The molecule has 0 bridgehead atoms. The molecule has 3 atom stereocenters. The molecule has 0 aliphatic carbocycles. The third kappa shape index (κ3) is 8.81. The number of nitrogens with zero attached hydrogens (tertiary/aromatic N) is 2. The lowest BCUT2D eigenvalue weighted by Gasteiger charge is -2.27. The molecule has 2 heterocycles. The van der Waals surface area contributed by atoms with Gasteiger partial charge in [-0.05, 0) is 41.5 Å². The van der Waals surface area contributed by atoms with Crippen LogP contribution >= 0.6 is 0 Å². The van der Waals surface area contributed by atoms with Crippen molar-refractivity contribution in [2.24, 2.45) is 0 Å². The molecular formula is C22H36N2O10. The fraction of sp³-hybridized carbons (Fsp3) is 0.773. The number of hydrogen-bond donors (Lipinski definition) is 1. The Labute approximate surface area is 199 Å². The Morgan fingerprint density at radius 2 is 1.26 bits per heavy atom. The normalized spacial score (nSPS) is 22.5. The van der Waals surface area contributed by atoms with Gasteiger partial charge in [0.15, 0.2) is 5.78 Å². The molecule has 34 heavy (non-hydrogen) atoms. The first-order valence-electron chi connectivity index (χ1n) is 10.8. The minimum absolute atomic E-state index is 0.00802. The molecule has 2 saturated heterocycles. The largest absolute Gasteiger partial charge is 0.467 e. The lowest BCUT2D eigenvalue weighted by Crippen LogP contribution is -2.43. The van der Waals surface area contributed by atoms with Gasteiger partial charge in [0.1, 0.15) is 23.3 Å². The summed E-state index contributed by atoms with van der Waals surface area (Å²) in [6.45, 7) is 10.4. The summed E-state index contributed by atoms with van der Waals surface area (Å²) >= 11 is 0. The van der Waals surface area contributed by atoms with Gasteiger partial charge in [0.05, 0.1) is 33.4 Å². The van der Waals surface area contributed by atoms with E-state index in [1.807, 2.05) is 0 Å². The van der Waals surface area contributed by atoms with Gasteiger partial charge in [-0.2, -0.15) is 0 Å². The molecule has 0 aromatic heterocycles. The fourth-order valence-electron chi connectivity index (χ4n) is 3.25. The summed E-state index contributed by atoms with van der Waals surface area (Å²) in [7, 11) is 2.47. The van der Waals surface area contributed by atoms with Gasteiger partial charge in [-0.25, -0.2) is 19.2 Å². The van der Waals surface area contributed by atoms with Crippen LogP contribution < -0.4 is 0 Å². The second-order valence-corrected chi connectivity index (χ2v) is 9.95. The van der Waals surface area contributed by atoms with Gasteiger partial charge >= 0.3 is 24.1 Å². The highest BCUT2D eigenvalue weighted by molar-refractivity contribution is 5.95. The number of amides is 2. The molecule has 2 aliphatic rings. The van der Waals surface area contributed by atoms with Gasteiger partial charge in [0, 0.05) is 12.8 Å². The van der Waals surface area contributed by atoms with E-state index >= 15 is 0 Å². The summed E-state index contributed by atoms with van der Waals surface area (Å²) in [5.74, 6) is -1.31. The molecule has 0 saturated carbocycles. The zero-order valence-corrected chi connectivity index (χ0v) is 21.1. The number of carbonyl (C=O) groups is 5. The number of carbonyl (C=O) groups excluding carboxylic acids is 5. The highest BCUT2D eigenvalue weighted by Gasteiger charge is 2.42. The predicted molar refractivity (Wildman–Crippen MR) is 118 cm³/mol. The molecule has 12 nitrogen and oxygen atoms in total. The predicted octanol–water partition coefficient (Wildman–Crippen LogP) is 1.27. The van der Waals surface area contributed by atoms with Crippen LogP contribution in [0.3, 0.4) is 0 Å². The fourth-order valence-corrected chi connectivity index (χ4v) is 3.25. The second kappa shape index (κ2) is 11.5. The minimum Gasteiger partial charge on any atom is -0.467 e. The first kappa shape index (κ1) is 29.1. The Morgan fingerprint density at radius 3 is 1.71 bits per heavy atom. The molecule has 0 aromatic carbocycles. The van der Waals surface area contributed by atoms with E-state index in [0.29, 0.717) is 0 Å². The van der Waals surface area contributed by atoms with Gasteiger partial charge in [-0.1, -0.05) is 0 Å². The van der Waals surface area contributed by atoms with Gasteiger partial charge in [-0.15, -0.1) is 0 Å². The maximum Gasteiger partial charge on any atom is 0.411 e. The topological polar surface area (TPSA) is 149 Å². The van der Waals surface area contributed by atoms with Crippen LogP contribution in [0.15, 0.2) is 0 Å². The number of ether oxygens (including phenoxy) is 4. The van der Waals surface area contributed by atoms with E-state index in [2.05, 4.69) is 9.47 Å². The molecule has 12 heteroatoms. The van der Waals surface area contributed by atoms with Crippen molar-refractivity contribution in [3.05, 3.63) is 0 Å². The number of ketones is 1. The number of methoxy groups -OCH3 is 2. The van der Waals surface area contributed by atoms with Crippen molar-refractivity contribution >= 4 is 29.9 Å². The molecule has 194 valence electrons.